The molecule has 0 saturated carbocycles. The summed E-state index contributed by atoms with van der Waals surface area (Å²) in [6.07, 6.45) is -6.16. The molecule has 1 aromatic heterocycles. The summed E-state index contributed by atoms with van der Waals surface area (Å²) in [4.78, 5) is 3.69. The van der Waals surface area contributed by atoms with Crippen LogP contribution in [0.2, 0.25) is 0 Å². The predicted molar refractivity (Wildman–Crippen MR) is 65.3 cm³/mol. The molecule has 0 aliphatic carbocycles. The Bertz CT molecular complexity index is 614. The molecular weight excluding hydrogens is 346 g/mol. The second-order valence-corrected chi connectivity index (χ2v) is 4.80. The highest BCUT2D eigenvalue weighted by Gasteiger charge is 2.31. The van der Waals surface area contributed by atoms with Gasteiger partial charge in [-0.2, -0.15) is 18.2 Å². The van der Waals surface area contributed by atoms with Crippen LogP contribution in [-0.2, 0) is 6.18 Å². The van der Waals surface area contributed by atoms with Crippen molar-refractivity contribution < 1.29 is 22.1 Å². The highest BCUT2D eigenvalue weighted by molar-refractivity contribution is 9.10. The maximum Gasteiger partial charge on any atom is 0.416 e. The smallest absolute Gasteiger partial charge is 0.336 e. The number of hydrogen-bond acceptors (Lipinski definition) is 4. The van der Waals surface area contributed by atoms with Crippen molar-refractivity contribution in [3.63, 3.8) is 0 Å². The van der Waals surface area contributed by atoms with Crippen LogP contribution in [-0.4, -0.2) is 16.7 Å². The Morgan fingerprint density at radius 1 is 1.30 bits per heavy atom. The molecule has 4 nitrogen and oxygen atoms in total. The van der Waals surface area contributed by atoms with E-state index in [9.17, 15) is 17.6 Å². The van der Waals surface area contributed by atoms with Gasteiger partial charge in [-0.25, -0.2) is 4.39 Å². The van der Waals surface area contributed by atoms with Crippen LogP contribution in [0.25, 0.3) is 11.4 Å². The van der Waals surface area contributed by atoms with Gasteiger partial charge >= 0.3 is 6.18 Å². The molecule has 0 aliphatic rings. The molecule has 1 unspecified atom stereocenters. The molecular formula is C11H8BrF4N3O. The largest absolute Gasteiger partial charge is 0.416 e. The standard InChI is InChI=1S/C11H8BrF4N3O/c12-7-2-5(1-6(3-7)11(14,15)16)9-18-10(20-19-9)8(13)4-17/h1-3,8H,4,17H2. The van der Waals surface area contributed by atoms with Crippen LogP contribution in [0, 0.1) is 0 Å². The lowest BCUT2D eigenvalue weighted by molar-refractivity contribution is -0.137. The Hall–Kier alpha value is -1.48. The summed E-state index contributed by atoms with van der Waals surface area (Å²) in [6.45, 7) is -0.353. The first-order chi connectivity index (χ1) is 9.31. The van der Waals surface area contributed by atoms with Crippen molar-refractivity contribution in [3.05, 3.63) is 34.1 Å². The Labute approximate surface area is 119 Å². The summed E-state index contributed by atoms with van der Waals surface area (Å²) in [6, 6.07) is 3.15. The quantitative estimate of drug-likeness (QED) is 0.858. The number of hydrogen-bond donors (Lipinski definition) is 1. The molecule has 0 radical (unpaired) electrons. The lowest BCUT2D eigenvalue weighted by atomic mass is 10.1. The summed E-state index contributed by atoms with van der Waals surface area (Å²) in [5.41, 5.74) is 4.29. The van der Waals surface area contributed by atoms with Crippen LogP contribution in [0.3, 0.4) is 0 Å². The van der Waals surface area contributed by atoms with E-state index in [4.69, 9.17) is 5.73 Å². The number of nitrogens with two attached hydrogens (primary N) is 1. The van der Waals surface area contributed by atoms with Gasteiger partial charge in [-0.15, -0.1) is 0 Å². The van der Waals surface area contributed by atoms with E-state index in [1.54, 1.807) is 0 Å². The molecule has 0 amide bonds. The van der Waals surface area contributed by atoms with Crippen LogP contribution in [0.5, 0.6) is 0 Å². The number of aromatic nitrogens is 2. The molecule has 0 saturated heterocycles. The fourth-order valence-electron chi connectivity index (χ4n) is 1.46. The van der Waals surface area contributed by atoms with Gasteiger partial charge in [0, 0.05) is 16.6 Å². The van der Waals surface area contributed by atoms with Crippen molar-refractivity contribution in [2.24, 2.45) is 5.73 Å². The van der Waals surface area contributed by atoms with Crippen LogP contribution < -0.4 is 5.73 Å². The van der Waals surface area contributed by atoms with Gasteiger partial charge in [-0.3, -0.25) is 0 Å². The summed E-state index contributed by atoms with van der Waals surface area (Å²) >= 11 is 2.97. The third-order valence-electron chi connectivity index (χ3n) is 2.40. The van der Waals surface area contributed by atoms with Crippen LogP contribution >= 0.6 is 15.9 Å². The maximum absolute atomic E-state index is 13.2. The van der Waals surface area contributed by atoms with Gasteiger partial charge < -0.3 is 10.3 Å². The molecule has 0 fully saturated rings. The molecule has 2 aromatic rings. The number of nitrogens with zero attached hydrogens (tertiary/aromatic N) is 2. The van der Waals surface area contributed by atoms with Crippen molar-refractivity contribution in [2.45, 2.75) is 12.3 Å². The molecule has 2 rings (SSSR count). The first-order valence-electron chi connectivity index (χ1n) is 5.37. The SMILES string of the molecule is NCC(F)c1nc(-c2cc(Br)cc(C(F)(F)F)c2)no1. The summed E-state index contributed by atoms with van der Waals surface area (Å²) in [5, 5.41) is 3.45. The van der Waals surface area contributed by atoms with Gasteiger partial charge in [0.05, 0.1) is 5.56 Å². The van der Waals surface area contributed by atoms with E-state index >= 15 is 0 Å². The average Bonchev–Trinajstić information content (AvgIpc) is 2.85. The van der Waals surface area contributed by atoms with E-state index in [-0.39, 0.29) is 28.3 Å². The molecule has 2 N–H and O–H groups in total. The lowest BCUT2D eigenvalue weighted by Gasteiger charge is -2.08. The summed E-state index contributed by atoms with van der Waals surface area (Å²) in [5.74, 6) is -0.501. The van der Waals surface area contributed by atoms with Gasteiger partial charge in [0.2, 0.25) is 5.82 Å². The molecule has 108 valence electrons. The van der Waals surface area contributed by atoms with Gasteiger partial charge in [0.1, 0.15) is 0 Å². The molecule has 1 heterocycles. The van der Waals surface area contributed by atoms with Crippen molar-refractivity contribution in [2.75, 3.05) is 6.54 Å². The molecule has 0 spiro atoms. The summed E-state index contributed by atoms with van der Waals surface area (Å²) in [7, 11) is 0. The Morgan fingerprint density at radius 3 is 2.60 bits per heavy atom. The van der Waals surface area contributed by atoms with Gasteiger partial charge in [-0.05, 0) is 18.2 Å². The number of rotatable bonds is 3. The van der Waals surface area contributed by atoms with Crippen molar-refractivity contribution in [1.82, 2.24) is 10.1 Å². The molecule has 0 aliphatic heterocycles. The minimum Gasteiger partial charge on any atom is -0.336 e. The molecule has 20 heavy (non-hydrogen) atoms. The first kappa shape index (κ1) is 14.9. The van der Waals surface area contributed by atoms with Crippen molar-refractivity contribution in [1.29, 1.82) is 0 Å². The number of alkyl halides is 4. The van der Waals surface area contributed by atoms with E-state index in [0.717, 1.165) is 12.1 Å². The summed E-state index contributed by atoms with van der Waals surface area (Å²) < 4.78 is 56.1. The Morgan fingerprint density at radius 2 is 2.00 bits per heavy atom. The third kappa shape index (κ3) is 3.15. The average molecular weight is 354 g/mol. The Balaban J connectivity index is 2.42. The fraction of sp³-hybridized carbons (Fsp3) is 0.273. The zero-order chi connectivity index (χ0) is 14.9. The molecule has 0 bridgehead atoms. The van der Waals surface area contributed by atoms with Crippen molar-refractivity contribution in [3.8, 4) is 11.4 Å². The van der Waals surface area contributed by atoms with Crippen molar-refractivity contribution >= 4 is 15.9 Å². The fourth-order valence-corrected chi connectivity index (χ4v) is 1.96. The highest BCUT2D eigenvalue weighted by Crippen LogP contribution is 2.34. The van der Waals surface area contributed by atoms with Gasteiger partial charge in [0.25, 0.3) is 5.89 Å². The van der Waals surface area contributed by atoms with Gasteiger partial charge in [-0.1, -0.05) is 21.1 Å². The second kappa shape index (κ2) is 5.49. The minimum absolute atomic E-state index is 0.0610. The van der Waals surface area contributed by atoms with Gasteiger partial charge in [0.15, 0.2) is 6.17 Å². The van der Waals surface area contributed by atoms with E-state index < -0.39 is 17.9 Å². The van der Waals surface area contributed by atoms with E-state index in [1.165, 1.54) is 6.07 Å². The molecule has 9 heteroatoms. The topological polar surface area (TPSA) is 64.9 Å². The van der Waals surface area contributed by atoms with E-state index in [2.05, 4.69) is 30.6 Å². The monoisotopic (exact) mass is 353 g/mol. The van der Waals surface area contributed by atoms with E-state index in [1.807, 2.05) is 0 Å². The maximum atomic E-state index is 13.2. The zero-order valence-electron chi connectivity index (χ0n) is 9.79. The Kier molecular flexibility index (Phi) is 4.09. The number of halogens is 5. The third-order valence-corrected chi connectivity index (χ3v) is 2.86. The highest BCUT2D eigenvalue weighted by atomic mass is 79.9. The minimum atomic E-state index is -4.51. The van der Waals surface area contributed by atoms with Crippen LogP contribution in [0.1, 0.15) is 17.6 Å². The lowest BCUT2D eigenvalue weighted by Crippen LogP contribution is -2.07. The molecule has 1 atom stereocenters. The van der Waals surface area contributed by atoms with Crippen LogP contribution in [0.4, 0.5) is 17.6 Å². The zero-order valence-corrected chi connectivity index (χ0v) is 11.4. The number of benzene rings is 1. The predicted octanol–water partition coefficient (Wildman–Crippen LogP) is 3.49. The van der Waals surface area contributed by atoms with Crippen LogP contribution in [0.15, 0.2) is 27.2 Å². The van der Waals surface area contributed by atoms with E-state index in [0.29, 0.717) is 0 Å². The first-order valence-corrected chi connectivity index (χ1v) is 6.16. The molecule has 1 aromatic carbocycles. The normalized spacial score (nSPS) is 13.5. The second-order valence-electron chi connectivity index (χ2n) is 3.89.